The van der Waals surface area contributed by atoms with Crippen molar-refractivity contribution in [3.05, 3.63) is 68.3 Å². The van der Waals surface area contributed by atoms with Gasteiger partial charge in [0.1, 0.15) is 11.5 Å². The van der Waals surface area contributed by atoms with Gasteiger partial charge in [-0.15, -0.1) is 11.3 Å². The minimum Gasteiger partial charge on any atom is -0.493 e. The Balaban J connectivity index is 1.91. The molecular weight excluding hydrogens is 462 g/mol. The van der Waals surface area contributed by atoms with Crippen LogP contribution in [0.2, 0.25) is 0 Å². The van der Waals surface area contributed by atoms with E-state index < -0.39 is 10.0 Å². The lowest BCUT2D eigenvalue weighted by atomic mass is 9.90. The first-order valence-corrected chi connectivity index (χ1v) is 12.0. The van der Waals surface area contributed by atoms with Gasteiger partial charge in [0.05, 0.1) is 26.6 Å². The van der Waals surface area contributed by atoms with Crippen molar-refractivity contribution in [2.24, 2.45) is 5.14 Å². The molecule has 1 aliphatic heterocycles. The third kappa shape index (κ3) is 3.82. The maximum atomic E-state index is 11.6. The quantitative estimate of drug-likeness (QED) is 0.567. The van der Waals surface area contributed by atoms with Crippen LogP contribution in [0.3, 0.4) is 0 Å². The van der Waals surface area contributed by atoms with Crippen LogP contribution < -0.4 is 14.6 Å². The number of ether oxygens (including phenoxy) is 2. The standard InChI is InChI=1S/C20H18BrNO4S2/c1-2-25-15-4-3-5-16-19(15)13-7-6-12(11-28(22,23)24)10-14(13)20(26-16)17-8-9-18(21)27-17/h3-10,20H,2,11H2,1H3,(H2,22,23,24). The number of sulfonamides is 1. The van der Waals surface area contributed by atoms with Gasteiger partial charge in [-0.3, -0.25) is 0 Å². The summed E-state index contributed by atoms with van der Waals surface area (Å²) in [5, 5.41) is 5.25. The summed E-state index contributed by atoms with van der Waals surface area (Å²) < 4.78 is 36.3. The fourth-order valence-corrected chi connectivity index (χ4v) is 5.52. The van der Waals surface area contributed by atoms with Gasteiger partial charge in [0.2, 0.25) is 10.0 Å². The summed E-state index contributed by atoms with van der Waals surface area (Å²) >= 11 is 5.09. The average molecular weight is 480 g/mol. The number of nitrogens with two attached hydrogens (primary N) is 1. The number of hydrogen-bond acceptors (Lipinski definition) is 5. The molecule has 2 heterocycles. The maximum absolute atomic E-state index is 11.6. The summed E-state index contributed by atoms with van der Waals surface area (Å²) in [6.45, 7) is 2.47. The Bertz CT molecular complexity index is 1140. The van der Waals surface area contributed by atoms with E-state index >= 15 is 0 Å². The minimum atomic E-state index is -3.63. The van der Waals surface area contributed by atoms with E-state index in [0.29, 0.717) is 12.2 Å². The summed E-state index contributed by atoms with van der Waals surface area (Å²) in [5.41, 5.74) is 3.38. The van der Waals surface area contributed by atoms with Gasteiger partial charge in [0, 0.05) is 5.56 Å². The molecule has 8 heteroatoms. The topological polar surface area (TPSA) is 78.6 Å². The largest absolute Gasteiger partial charge is 0.493 e. The number of fused-ring (bicyclic) bond motifs is 3. The lowest BCUT2D eigenvalue weighted by molar-refractivity contribution is 0.244. The van der Waals surface area contributed by atoms with E-state index in [1.165, 1.54) is 0 Å². The molecule has 0 aliphatic carbocycles. The van der Waals surface area contributed by atoms with Crippen LogP contribution in [0.5, 0.6) is 11.5 Å². The number of thiophene rings is 1. The first-order valence-electron chi connectivity index (χ1n) is 8.67. The van der Waals surface area contributed by atoms with E-state index in [0.717, 1.165) is 36.9 Å². The molecule has 0 spiro atoms. The Labute approximate surface area is 176 Å². The zero-order valence-corrected chi connectivity index (χ0v) is 18.2. The van der Waals surface area contributed by atoms with Gasteiger partial charge in [-0.05, 0) is 58.2 Å². The van der Waals surface area contributed by atoms with Crippen LogP contribution in [0, 0.1) is 0 Å². The first kappa shape index (κ1) is 19.4. The lowest BCUT2D eigenvalue weighted by Gasteiger charge is -2.30. The van der Waals surface area contributed by atoms with Crippen LogP contribution >= 0.6 is 27.3 Å². The van der Waals surface area contributed by atoms with Crippen LogP contribution in [0.15, 0.2) is 52.3 Å². The predicted octanol–water partition coefficient (Wildman–Crippen LogP) is 4.85. The van der Waals surface area contributed by atoms with E-state index in [1.54, 1.807) is 17.4 Å². The predicted molar refractivity (Wildman–Crippen MR) is 114 cm³/mol. The van der Waals surface area contributed by atoms with Crippen molar-refractivity contribution in [3.63, 3.8) is 0 Å². The van der Waals surface area contributed by atoms with E-state index in [9.17, 15) is 8.42 Å². The van der Waals surface area contributed by atoms with Crippen molar-refractivity contribution in [1.29, 1.82) is 0 Å². The Morgan fingerprint density at radius 2 is 2.04 bits per heavy atom. The molecule has 0 saturated heterocycles. The van der Waals surface area contributed by atoms with Crippen molar-refractivity contribution in [3.8, 4) is 22.6 Å². The molecule has 5 nitrogen and oxygen atoms in total. The van der Waals surface area contributed by atoms with Crippen LogP contribution in [0.25, 0.3) is 11.1 Å². The van der Waals surface area contributed by atoms with Crippen molar-refractivity contribution in [2.45, 2.75) is 18.8 Å². The second kappa shape index (κ2) is 7.51. The highest BCUT2D eigenvalue weighted by Crippen LogP contribution is 2.50. The molecule has 2 aromatic carbocycles. The number of rotatable bonds is 5. The van der Waals surface area contributed by atoms with E-state index in [4.69, 9.17) is 14.6 Å². The molecule has 1 unspecified atom stereocenters. The molecule has 4 rings (SSSR count). The summed E-state index contributed by atoms with van der Waals surface area (Å²) in [6.07, 6.45) is -0.337. The molecule has 0 radical (unpaired) electrons. The molecule has 0 saturated carbocycles. The molecule has 3 aromatic rings. The molecule has 0 bridgehead atoms. The molecule has 146 valence electrons. The fourth-order valence-electron chi connectivity index (χ4n) is 3.40. The Kier molecular flexibility index (Phi) is 5.22. The molecule has 0 amide bonds. The molecule has 1 aliphatic rings. The van der Waals surface area contributed by atoms with Crippen LogP contribution in [0.4, 0.5) is 0 Å². The number of primary sulfonamides is 1. The summed E-state index contributed by atoms with van der Waals surface area (Å²) in [7, 11) is -3.63. The van der Waals surface area contributed by atoms with E-state index in [2.05, 4.69) is 15.9 Å². The Morgan fingerprint density at radius 3 is 2.71 bits per heavy atom. The van der Waals surface area contributed by atoms with Gasteiger partial charge < -0.3 is 9.47 Å². The first-order chi connectivity index (χ1) is 13.4. The fraction of sp³-hybridized carbons (Fsp3) is 0.200. The minimum absolute atomic E-state index is 0.221. The second-order valence-electron chi connectivity index (χ2n) is 6.43. The number of benzene rings is 2. The molecule has 1 atom stereocenters. The van der Waals surface area contributed by atoms with Crippen molar-refractivity contribution >= 4 is 37.3 Å². The maximum Gasteiger partial charge on any atom is 0.213 e. The van der Waals surface area contributed by atoms with E-state index in [1.807, 2.05) is 49.4 Å². The van der Waals surface area contributed by atoms with Crippen LogP contribution in [0.1, 0.15) is 29.0 Å². The van der Waals surface area contributed by atoms with Crippen molar-refractivity contribution in [1.82, 2.24) is 0 Å². The monoisotopic (exact) mass is 479 g/mol. The lowest BCUT2D eigenvalue weighted by Crippen LogP contribution is -2.17. The highest BCUT2D eigenvalue weighted by molar-refractivity contribution is 9.11. The normalized spacial score (nSPS) is 15.5. The number of halogens is 1. The van der Waals surface area contributed by atoms with Crippen LogP contribution in [-0.2, 0) is 15.8 Å². The van der Waals surface area contributed by atoms with Gasteiger partial charge in [0.15, 0.2) is 6.10 Å². The molecule has 28 heavy (non-hydrogen) atoms. The Morgan fingerprint density at radius 1 is 1.21 bits per heavy atom. The SMILES string of the molecule is CCOc1cccc2c1-c1ccc(CS(N)(=O)=O)cc1C(c1ccc(Br)s1)O2. The highest BCUT2D eigenvalue weighted by Gasteiger charge is 2.31. The molecule has 0 fully saturated rings. The molecule has 1 aromatic heterocycles. The Hall–Kier alpha value is -1.87. The van der Waals surface area contributed by atoms with Crippen LogP contribution in [-0.4, -0.2) is 15.0 Å². The number of hydrogen-bond donors (Lipinski definition) is 1. The van der Waals surface area contributed by atoms with Crippen molar-refractivity contribution < 1.29 is 17.9 Å². The van der Waals surface area contributed by atoms with Gasteiger partial charge in [-0.25, -0.2) is 13.6 Å². The molecular formula is C20H18BrNO4S2. The summed E-state index contributed by atoms with van der Waals surface area (Å²) in [4.78, 5) is 1.02. The van der Waals surface area contributed by atoms with Gasteiger partial charge >= 0.3 is 0 Å². The van der Waals surface area contributed by atoms with E-state index in [-0.39, 0.29) is 11.9 Å². The zero-order chi connectivity index (χ0) is 19.9. The third-order valence-corrected chi connectivity index (χ3v) is 6.82. The van der Waals surface area contributed by atoms with Gasteiger partial charge in [0.25, 0.3) is 0 Å². The third-order valence-electron chi connectivity index (χ3n) is 4.42. The smallest absolute Gasteiger partial charge is 0.213 e. The summed E-state index contributed by atoms with van der Waals surface area (Å²) in [5.74, 6) is 1.26. The molecule has 2 N–H and O–H groups in total. The van der Waals surface area contributed by atoms with Gasteiger partial charge in [-0.1, -0.05) is 24.3 Å². The highest BCUT2D eigenvalue weighted by atomic mass is 79.9. The second-order valence-corrected chi connectivity index (χ2v) is 10.5. The average Bonchev–Trinajstić information content (AvgIpc) is 3.06. The van der Waals surface area contributed by atoms with Crippen molar-refractivity contribution in [2.75, 3.05) is 6.61 Å². The zero-order valence-electron chi connectivity index (χ0n) is 15.0. The van der Waals surface area contributed by atoms with Gasteiger partial charge in [-0.2, -0.15) is 0 Å². The summed E-state index contributed by atoms with van der Waals surface area (Å²) in [6, 6.07) is 15.3.